The van der Waals surface area contributed by atoms with Gasteiger partial charge >= 0.3 is 5.97 Å². The molecule has 1 aromatic carbocycles. The van der Waals surface area contributed by atoms with Crippen molar-refractivity contribution in [2.45, 2.75) is 23.6 Å². The minimum atomic E-state index is -3.92. The van der Waals surface area contributed by atoms with Gasteiger partial charge in [0.1, 0.15) is 4.21 Å². The lowest BCUT2D eigenvalue weighted by Crippen LogP contribution is -2.49. The summed E-state index contributed by atoms with van der Waals surface area (Å²) in [7, 11) is -3.92. The zero-order valence-electron chi connectivity index (χ0n) is 13.3. The van der Waals surface area contributed by atoms with Crippen LogP contribution in [0.3, 0.4) is 0 Å². The maximum absolute atomic E-state index is 13.0. The number of nitrogens with zero attached hydrogens (tertiary/aromatic N) is 1. The van der Waals surface area contributed by atoms with Crippen LogP contribution in [0.2, 0.25) is 0 Å². The molecule has 0 saturated carbocycles. The fraction of sp³-hybridized carbons (Fsp3) is 0.250. The standard InChI is InChI=1S/C16H16N2O5S2/c1-10(19)17-13-6-11-4-2-3-5-14(11)18(8-13)25(22,23)15-7-12(9-24-15)16(20)21/h2-5,7,9,13H,6,8H2,1H3,(H,17,19)(H,20,21). The van der Waals surface area contributed by atoms with Gasteiger partial charge in [0.25, 0.3) is 10.0 Å². The second kappa shape index (κ2) is 6.49. The number of hydrogen-bond acceptors (Lipinski definition) is 5. The summed E-state index contributed by atoms with van der Waals surface area (Å²) in [4.78, 5) is 22.4. The number of carbonyl (C=O) groups excluding carboxylic acids is 1. The van der Waals surface area contributed by atoms with E-state index in [0.717, 1.165) is 23.0 Å². The van der Waals surface area contributed by atoms with Gasteiger partial charge in [0.05, 0.1) is 23.8 Å². The lowest BCUT2D eigenvalue weighted by Gasteiger charge is -2.35. The molecule has 0 radical (unpaired) electrons. The molecule has 9 heteroatoms. The van der Waals surface area contributed by atoms with E-state index in [9.17, 15) is 18.0 Å². The number of carbonyl (C=O) groups is 2. The molecule has 2 N–H and O–H groups in total. The van der Waals surface area contributed by atoms with Crippen molar-refractivity contribution in [2.24, 2.45) is 0 Å². The molecule has 132 valence electrons. The van der Waals surface area contributed by atoms with Crippen molar-refractivity contribution in [1.82, 2.24) is 5.32 Å². The van der Waals surface area contributed by atoms with Crippen molar-refractivity contribution >= 4 is 38.9 Å². The van der Waals surface area contributed by atoms with Gasteiger partial charge in [0.2, 0.25) is 5.91 Å². The number of benzene rings is 1. The van der Waals surface area contributed by atoms with Crippen LogP contribution in [0.4, 0.5) is 5.69 Å². The maximum atomic E-state index is 13.0. The first-order valence-corrected chi connectivity index (χ1v) is 9.80. The van der Waals surface area contributed by atoms with E-state index in [-0.39, 0.29) is 28.3 Å². The van der Waals surface area contributed by atoms with Gasteiger partial charge in [0, 0.05) is 12.3 Å². The smallest absolute Gasteiger partial charge is 0.336 e. The number of sulfonamides is 1. The molecular formula is C16H16N2O5S2. The summed E-state index contributed by atoms with van der Waals surface area (Å²) >= 11 is 0.870. The molecule has 0 fully saturated rings. The average Bonchev–Trinajstić information content (AvgIpc) is 3.04. The predicted octanol–water partition coefficient (Wildman–Crippen LogP) is 1.70. The monoisotopic (exact) mass is 380 g/mol. The highest BCUT2D eigenvalue weighted by Crippen LogP contribution is 2.34. The summed E-state index contributed by atoms with van der Waals surface area (Å²) < 4.78 is 27.3. The number of aromatic carboxylic acids is 1. The molecule has 0 aliphatic carbocycles. The zero-order chi connectivity index (χ0) is 18.2. The van der Waals surface area contributed by atoms with Crippen molar-refractivity contribution in [1.29, 1.82) is 0 Å². The van der Waals surface area contributed by atoms with Gasteiger partial charge in [-0.25, -0.2) is 13.2 Å². The van der Waals surface area contributed by atoms with Crippen molar-refractivity contribution in [3.8, 4) is 0 Å². The normalized spacial score (nSPS) is 17.0. The third-order valence-corrected chi connectivity index (χ3v) is 7.08. The number of hydrogen-bond donors (Lipinski definition) is 2. The van der Waals surface area contributed by atoms with Crippen LogP contribution in [0.5, 0.6) is 0 Å². The quantitative estimate of drug-likeness (QED) is 0.840. The number of nitrogens with one attached hydrogen (secondary N) is 1. The number of anilines is 1. The van der Waals surface area contributed by atoms with Gasteiger partial charge in [0.15, 0.2) is 0 Å². The molecule has 1 atom stereocenters. The molecule has 1 aliphatic heterocycles. The molecule has 0 saturated heterocycles. The fourth-order valence-corrected chi connectivity index (χ4v) is 5.65. The molecule has 3 rings (SSSR count). The van der Waals surface area contributed by atoms with Crippen LogP contribution in [0.25, 0.3) is 0 Å². The fourth-order valence-electron chi connectivity index (χ4n) is 2.84. The lowest BCUT2D eigenvalue weighted by atomic mass is 10.00. The van der Waals surface area contributed by atoms with Gasteiger partial charge in [-0.2, -0.15) is 0 Å². The number of fused-ring (bicyclic) bond motifs is 1. The summed E-state index contributed by atoms with van der Waals surface area (Å²) in [6.45, 7) is 1.48. The number of carboxylic acid groups (broad SMARTS) is 1. The molecule has 1 amide bonds. The van der Waals surface area contributed by atoms with Crippen LogP contribution in [0, 0.1) is 0 Å². The van der Waals surface area contributed by atoms with Crippen molar-refractivity contribution in [3.05, 3.63) is 46.8 Å². The third-order valence-electron chi connectivity index (χ3n) is 3.89. The van der Waals surface area contributed by atoms with Crippen LogP contribution in [0.15, 0.2) is 39.9 Å². The predicted molar refractivity (Wildman–Crippen MR) is 93.6 cm³/mol. The Bertz CT molecular complexity index is 936. The Kier molecular flexibility index (Phi) is 4.53. The number of thiophene rings is 1. The minimum Gasteiger partial charge on any atom is -0.478 e. The van der Waals surface area contributed by atoms with Crippen LogP contribution in [-0.2, 0) is 21.2 Å². The van der Waals surface area contributed by atoms with E-state index in [1.165, 1.54) is 16.6 Å². The Morgan fingerprint density at radius 3 is 2.68 bits per heavy atom. The summed E-state index contributed by atoms with van der Waals surface area (Å²) in [5.41, 5.74) is 1.30. The van der Waals surface area contributed by atoms with Crippen molar-refractivity contribution in [3.63, 3.8) is 0 Å². The van der Waals surface area contributed by atoms with Crippen LogP contribution >= 0.6 is 11.3 Å². The van der Waals surface area contributed by atoms with Crippen LogP contribution < -0.4 is 9.62 Å². The number of rotatable bonds is 4. The summed E-state index contributed by atoms with van der Waals surface area (Å²) in [6.07, 6.45) is 0.534. The Hall–Kier alpha value is -2.39. The molecule has 0 spiro atoms. The first-order chi connectivity index (χ1) is 11.8. The maximum Gasteiger partial charge on any atom is 0.336 e. The second-order valence-electron chi connectivity index (χ2n) is 5.73. The Balaban J connectivity index is 2.03. The first-order valence-electron chi connectivity index (χ1n) is 7.48. The molecule has 1 aliphatic rings. The largest absolute Gasteiger partial charge is 0.478 e. The SMILES string of the molecule is CC(=O)NC1Cc2ccccc2N(S(=O)(=O)c2cc(C(=O)O)cs2)C1. The van der Waals surface area contributed by atoms with Crippen LogP contribution in [0.1, 0.15) is 22.8 Å². The molecule has 2 heterocycles. The second-order valence-corrected chi connectivity index (χ2v) is 8.73. The Labute approximate surface area is 149 Å². The zero-order valence-corrected chi connectivity index (χ0v) is 14.9. The molecule has 2 aromatic rings. The van der Waals surface area contributed by atoms with E-state index in [2.05, 4.69) is 5.32 Å². The average molecular weight is 380 g/mol. The molecular weight excluding hydrogens is 364 g/mol. The molecule has 25 heavy (non-hydrogen) atoms. The summed E-state index contributed by atoms with van der Waals surface area (Å²) in [5, 5.41) is 13.1. The first kappa shape index (κ1) is 17.4. The highest BCUT2D eigenvalue weighted by molar-refractivity contribution is 7.94. The van der Waals surface area contributed by atoms with E-state index in [0.29, 0.717) is 12.1 Å². The lowest BCUT2D eigenvalue weighted by molar-refractivity contribution is -0.119. The van der Waals surface area contributed by atoms with Gasteiger partial charge in [-0.3, -0.25) is 9.10 Å². The van der Waals surface area contributed by atoms with E-state index < -0.39 is 16.0 Å². The number of carboxylic acids is 1. The molecule has 1 aromatic heterocycles. The third kappa shape index (κ3) is 3.38. The molecule has 1 unspecified atom stereocenters. The summed E-state index contributed by atoms with van der Waals surface area (Å²) in [6, 6.07) is 7.91. The van der Waals surface area contributed by atoms with E-state index in [1.807, 2.05) is 12.1 Å². The van der Waals surface area contributed by atoms with Gasteiger partial charge < -0.3 is 10.4 Å². The van der Waals surface area contributed by atoms with E-state index in [4.69, 9.17) is 5.11 Å². The van der Waals surface area contributed by atoms with Crippen molar-refractivity contribution < 1.29 is 23.1 Å². The minimum absolute atomic E-state index is 0.0387. The number of para-hydroxylation sites is 1. The highest BCUT2D eigenvalue weighted by atomic mass is 32.2. The van der Waals surface area contributed by atoms with Crippen LogP contribution in [-0.4, -0.2) is 38.0 Å². The van der Waals surface area contributed by atoms with Crippen molar-refractivity contribution in [2.75, 3.05) is 10.8 Å². The molecule has 7 nitrogen and oxygen atoms in total. The van der Waals surface area contributed by atoms with Gasteiger partial charge in [-0.05, 0) is 24.1 Å². The number of amides is 1. The topological polar surface area (TPSA) is 104 Å². The van der Waals surface area contributed by atoms with E-state index >= 15 is 0 Å². The van der Waals surface area contributed by atoms with Gasteiger partial charge in [-0.1, -0.05) is 18.2 Å². The van der Waals surface area contributed by atoms with Gasteiger partial charge in [-0.15, -0.1) is 11.3 Å². The molecule has 0 bridgehead atoms. The van der Waals surface area contributed by atoms with E-state index in [1.54, 1.807) is 12.1 Å². The Morgan fingerprint density at radius 1 is 1.32 bits per heavy atom. The Morgan fingerprint density at radius 2 is 2.04 bits per heavy atom. The summed E-state index contributed by atoms with van der Waals surface area (Å²) in [5.74, 6) is -1.40. The highest BCUT2D eigenvalue weighted by Gasteiger charge is 2.34.